The molecule has 8 nitrogen and oxygen atoms in total. The molecule has 4 N–H and O–H groups in total. The number of amides is 1. The van der Waals surface area contributed by atoms with Gasteiger partial charge >= 0.3 is 37.2 Å². The smallest absolute Gasteiger partial charge is 0.777 e. The fraction of sp³-hybridized carbons (Fsp3) is 0.750. The van der Waals surface area contributed by atoms with Gasteiger partial charge in [-0.15, -0.1) is 0 Å². The molecule has 0 aliphatic heterocycles. The van der Waals surface area contributed by atoms with Gasteiger partial charge in [-0.05, 0) is 6.92 Å². The van der Waals surface area contributed by atoms with Crippen molar-refractivity contribution < 1.29 is 63.1 Å². The topological polar surface area (TPSA) is 147 Å². The molecule has 0 rings (SSSR count). The largest absolute Gasteiger partial charge is 1.00 e. The van der Waals surface area contributed by atoms with E-state index in [1.165, 1.54) is 5.32 Å². The molecule has 11 heteroatoms. The third kappa shape index (κ3) is 4.26. The zero-order valence-corrected chi connectivity index (χ0v) is 12.2. The van der Waals surface area contributed by atoms with Crippen molar-refractivity contribution in [3.05, 3.63) is 0 Å². The minimum absolute atomic E-state index is 0. The van der Waals surface area contributed by atoms with Crippen LogP contribution in [0.4, 0.5) is 0 Å². The Morgan fingerprint density at radius 1 is 1.33 bits per heavy atom. The van der Waals surface area contributed by atoms with Crippen LogP contribution < -0.4 is 39.8 Å². The van der Waals surface area contributed by atoms with Gasteiger partial charge in [-0.1, -0.05) is 0 Å². The minimum Gasteiger partial charge on any atom is -0.777 e. The van der Waals surface area contributed by atoms with Gasteiger partial charge in [-0.3, -0.25) is 9.36 Å². The number of rotatable bonds is 3. The van der Waals surface area contributed by atoms with E-state index in [1.807, 2.05) is 0 Å². The predicted molar refractivity (Wildman–Crippen MR) is 44.1 cm³/mol. The third-order valence-electron chi connectivity index (χ3n) is 1.53. The molecule has 0 saturated heterocycles. The van der Waals surface area contributed by atoms with Crippen LogP contribution in [-0.4, -0.2) is 25.6 Å². The molecule has 0 aromatic heterocycles. The Balaban J connectivity index is 0. The summed E-state index contributed by atoms with van der Waals surface area (Å²) in [5.74, 6) is -0.985. The molecule has 84 valence electrons. The Hall–Kier alpha value is 0.770. The Kier molecular flexibility index (Phi) is 6.53. The Bertz CT molecular complexity index is 310. The summed E-state index contributed by atoms with van der Waals surface area (Å²) >= 11 is 0. The zero-order valence-electron chi connectivity index (χ0n) is 8.37. The maximum atomic E-state index is 10.8. The summed E-state index contributed by atoms with van der Waals surface area (Å²) in [5.41, 5.74) is 0. The fourth-order valence-corrected chi connectivity index (χ4v) is 2.56. The first-order valence-electron chi connectivity index (χ1n) is 3.30. The standard InChI is InChI=1S/C4H11NO7P2.Na/c1-3(6)5-4(2,13(7,8)9)14(10,11)12;/h1-2H3,(H,5,6)(H2,7,8,9)(H2,10,11,12);/q;+1/p-1. The van der Waals surface area contributed by atoms with Crippen molar-refractivity contribution in [3.63, 3.8) is 0 Å². The van der Waals surface area contributed by atoms with Crippen molar-refractivity contribution in [2.75, 3.05) is 0 Å². The second-order valence-corrected chi connectivity index (χ2v) is 7.04. The molecule has 0 aliphatic rings. The Morgan fingerprint density at radius 2 is 1.67 bits per heavy atom. The number of carbonyl (C=O) groups is 1. The second kappa shape index (κ2) is 5.40. The molecule has 0 fully saturated rings. The van der Waals surface area contributed by atoms with Crippen molar-refractivity contribution in [1.29, 1.82) is 0 Å². The van der Waals surface area contributed by atoms with E-state index in [0.717, 1.165) is 6.92 Å². The summed E-state index contributed by atoms with van der Waals surface area (Å²) in [6.45, 7) is 1.40. The Morgan fingerprint density at radius 3 is 1.73 bits per heavy atom. The summed E-state index contributed by atoms with van der Waals surface area (Å²) in [7, 11) is -10.6. The zero-order chi connectivity index (χ0) is 11.8. The quantitative estimate of drug-likeness (QED) is 0.298. The monoisotopic (exact) mass is 269 g/mol. The molecule has 0 bridgehead atoms. The van der Waals surface area contributed by atoms with Crippen LogP contribution in [0.2, 0.25) is 0 Å². The normalized spacial score (nSPS) is 19.3. The summed E-state index contributed by atoms with van der Waals surface area (Å²) in [6, 6.07) is 0. The van der Waals surface area contributed by atoms with E-state index >= 15 is 0 Å². The van der Waals surface area contributed by atoms with E-state index in [-0.39, 0.29) is 29.6 Å². The van der Waals surface area contributed by atoms with E-state index in [0.29, 0.717) is 6.92 Å². The molecule has 0 heterocycles. The maximum Gasteiger partial charge on any atom is 1.00 e. The average molecular weight is 269 g/mol. The van der Waals surface area contributed by atoms with Gasteiger partial charge in [-0.2, -0.15) is 0 Å². The van der Waals surface area contributed by atoms with Gasteiger partial charge in [0.1, 0.15) is 0 Å². The van der Waals surface area contributed by atoms with Crippen molar-refractivity contribution in [2.24, 2.45) is 0 Å². The summed E-state index contributed by atoms with van der Waals surface area (Å²) < 4.78 is 21.5. The number of hydrogen-bond donors (Lipinski definition) is 4. The van der Waals surface area contributed by atoms with Gasteiger partial charge < -0.3 is 29.5 Å². The van der Waals surface area contributed by atoms with Gasteiger partial charge in [0, 0.05) is 6.92 Å². The molecule has 0 saturated carbocycles. The van der Waals surface area contributed by atoms with E-state index in [1.54, 1.807) is 0 Å². The van der Waals surface area contributed by atoms with Crippen LogP contribution in [0.1, 0.15) is 13.8 Å². The van der Waals surface area contributed by atoms with Gasteiger partial charge in [-0.25, -0.2) is 0 Å². The van der Waals surface area contributed by atoms with Crippen LogP contribution in [0.25, 0.3) is 0 Å². The number of carbonyl (C=O) groups excluding carboxylic acids is 1. The van der Waals surface area contributed by atoms with E-state index < -0.39 is 26.1 Å². The van der Waals surface area contributed by atoms with E-state index in [2.05, 4.69) is 0 Å². The van der Waals surface area contributed by atoms with E-state index in [4.69, 9.17) is 14.7 Å². The molecule has 2 atom stereocenters. The molecule has 0 spiro atoms. The Labute approximate surface area is 108 Å². The van der Waals surface area contributed by atoms with Crippen molar-refractivity contribution >= 4 is 21.1 Å². The van der Waals surface area contributed by atoms with Crippen LogP contribution >= 0.6 is 15.2 Å². The van der Waals surface area contributed by atoms with Crippen LogP contribution in [0.5, 0.6) is 0 Å². The first-order chi connectivity index (χ1) is 5.92. The molecule has 0 aliphatic carbocycles. The van der Waals surface area contributed by atoms with E-state index in [9.17, 15) is 18.8 Å². The summed E-state index contributed by atoms with van der Waals surface area (Å²) in [6.07, 6.45) is 0. The minimum atomic E-state index is -5.41. The van der Waals surface area contributed by atoms with Crippen LogP contribution in [0.3, 0.4) is 0 Å². The summed E-state index contributed by atoms with van der Waals surface area (Å²) in [5, 5.41) is -1.47. The average Bonchev–Trinajstić information content (AvgIpc) is 1.79. The molecule has 0 aromatic carbocycles. The first-order valence-corrected chi connectivity index (χ1v) is 6.49. The van der Waals surface area contributed by atoms with Crippen LogP contribution in [0.15, 0.2) is 0 Å². The van der Waals surface area contributed by atoms with Crippen molar-refractivity contribution in [2.45, 2.75) is 18.9 Å². The second-order valence-electron chi connectivity index (χ2n) is 2.77. The van der Waals surface area contributed by atoms with Crippen LogP contribution in [0, 0.1) is 0 Å². The van der Waals surface area contributed by atoms with Gasteiger partial charge in [0.25, 0.3) is 0 Å². The fourth-order valence-electron chi connectivity index (χ4n) is 0.642. The van der Waals surface area contributed by atoms with Crippen molar-refractivity contribution in [1.82, 2.24) is 5.32 Å². The SMILES string of the molecule is CC(=O)NC(C)(P(=O)([O-])O)P(=O)(O)O.[Na+]. The van der Waals surface area contributed by atoms with Crippen molar-refractivity contribution in [3.8, 4) is 0 Å². The molecule has 1 amide bonds. The third-order valence-corrected chi connectivity index (χ3v) is 5.53. The molecular formula is C4H10NNaO7P2. The first kappa shape index (κ1) is 18.1. The van der Waals surface area contributed by atoms with Gasteiger partial charge in [0.05, 0.1) is 0 Å². The molecule has 0 radical (unpaired) electrons. The maximum absolute atomic E-state index is 10.8. The predicted octanol–water partition coefficient (Wildman–Crippen LogP) is -4.48. The molecule has 15 heavy (non-hydrogen) atoms. The molecular weight excluding hydrogens is 259 g/mol. The van der Waals surface area contributed by atoms with Crippen LogP contribution in [-0.2, 0) is 13.9 Å². The number of nitrogens with one attached hydrogen (secondary N) is 1. The summed E-state index contributed by atoms with van der Waals surface area (Å²) in [4.78, 5) is 47.2. The molecule has 0 aromatic rings. The number of hydrogen-bond acceptors (Lipinski definition) is 4. The molecule has 2 unspecified atom stereocenters. The van der Waals surface area contributed by atoms with Gasteiger partial charge in [0.2, 0.25) is 10.9 Å². The van der Waals surface area contributed by atoms with Gasteiger partial charge in [0.15, 0.2) is 7.60 Å².